The summed E-state index contributed by atoms with van der Waals surface area (Å²) in [7, 11) is 3.27. The maximum Gasteiger partial charge on any atom is 0.341 e. The fourth-order valence-electron chi connectivity index (χ4n) is 2.91. The number of carbonyl (C=O) groups excluding carboxylic acids is 3. The van der Waals surface area contributed by atoms with E-state index in [0.717, 1.165) is 16.9 Å². The molecule has 0 saturated carbocycles. The molecule has 1 aromatic heterocycles. The molecule has 0 fully saturated rings. The van der Waals surface area contributed by atoms with Crippen LogP contribution >= 0.6 is 11.3 Å². The van der Waals surface area contributed by atoms with Crippen molar-refractivity contribution in [1.82, 2.24) is 10.2 Å². The Morgan fingerprint density at radius 1 is 1.23 bits per heavy atom. The Morgan fingerprint density at radius 3 is 2.43 bits per heavy atom. The summed E-state index contributed by atoms with van der Waals surface area (Å²) in [5.74, 6) is -1.60. The topological polar surface area (TPSA) is 87.7 Å². The van der Waals surface area contributed by atoms with Gasteiger partial charge >= 0.3 is 5.97 Å². The predicted octanol–water partition coefficient (Wildman–Crippen LogP) is 3.36. The molecular formula is C21H26FN3O4S. The first-order chi connectivity index (χ1) is 14.2. The number of halogens is 1. The van der Waals surface area contributed by atoms with Crippen LogP contribution in [0.5, 0.6) is 0 Å². The molecule has 30 heavy (non-hydrogen) atoms. The molecular weight excluding hydrogens is 409 g/mol. The van der Waals surface area contributed by atoms with E-state index in [9.17, 15) is 18.8 Å². The van der Waals surface area contributed by atoms with E-state index in [1.54, 1.807) is 37.9 Å². The molecule has 0 aliphatic rings. The van der Waals surface area contributed by atoms with Gasteiger partial charge in [0.15, 0.2) is 0 Å². The van der Waals surface area contributed by atoms with Gasteiger partial charge in [-0.15, -0.1) is 11.3 Å². The molecule has 162 valence electrons. The van der Waals surface area contributed by atoms with Gasteiger partial charge in [0.25, 0.3) is 5.91 Å². The van der Waals surface area contributed by atoms with Gasteiger partial charge in [-0.05, 0) is 51.1 Å². The molecule has 2 rings (SSSR count). The molecule has 0 aliphatic heterocycles. The maximum absolute atomic E-state index is 13.1. The van der Waals surface area contributed by atoms with Gasteiger partial charge in [0, 0.05) is 13.1 Å². The lowest BCUT2D eigenvalue weighted by Crippen LogP contribution is -2.32. The summed E-state index contributed by atoms with van der Waals surface area (Å²) in [6.07, 6.45) is 0. The Kier molecular flexibility index (Phi) is 8.08. The molecule has 0 spiro atoms. The highest BCUT2D eigenvalue weighted by atomic mass is 32.1. The summed E-state index contributed by atoms with van der Waals surface area (Å²) in [6, 6.07) is 5.96. The molecule has 0 saturated heterocycles. The Balaban J connectivity index is 2.19. The number of anilines is 1. The van der Waals surface area contributed by atoms with Crippen molar-refractivity contribution in [3.05, 3.63) is 51.7 Å². The number of thiophene rings is 1. The van der Waals surface area contributed by atoms with Crippen molar-refractivity contribution in [2.75, 3.05) is 32.6 Å². The highest BCUT2D eigenvalue weighted by molar-refractivity contribution is 7.18. The largest absolute Gasteiger partial charge is 0.462 e. The fraction of sp³-hybridized carbons (Fsp3) is 0.381. The minimum Gasteiger partial charge on any atom is -0.462 e. The molecule has 1 heterocycles. The average molecular weight is 436 g/mol. The van der Waals surface area contributed by atoms with Gasteiger partial charge in [-0.1, -0.05) is 12.1 Å². The van der Waals surface area contributed by atoms with Gasteiger partial charge in [-0.2, -0.15) is 0 Å². The summed E-state index contributed by atoms with van der Waals surface area (Å²) < 4.78 is 18.2. The summed E-state index contributed by atoms with van der Waals surface area (Å²) in [5.41, 5.74) is 1.51. The number of rotatable bonds is 8. The van der Waals surface area contributed by atoms with Crippen molar-refractivity contribution in [2.45, 2.75) is 26.8 Å². The van der Waals surface area contributed by atoms with E-state index < -0.39 is 5.97 Å². The second-order valence-corrected chi connectivity index (χ2v) is 7.77. The van der Waals surface area contributed by atoms with Crippen molar-refractivity contribution >= 4 is 34.1 Å². The van der Waals surface area contributed by atoms with Crippen LogP contribution in [0, 0.1) is 12.7 Å². The van der Waals surface area contributed by atoms with Crippen LogP contribution in [0.3, 0.4) is 0 Å². The Bertz CT molecular complexity index is 927. The molecule has 7 nitrogen and oxygen atoms in total. The maximum atomic E-state index is 13.1. The Morgan fingerprint density at radius 2 is 1.87 bits per heavy atom. The van der Waals surface area contributed by atoms with Crippen LogP contribution < -0.4 is 10.6 Å². The van der Waals surface area contributed by atoms with Crippen LogP contribution in [-0.4, -0.2) is 49.9 Å². The molecule has 1 atom stereocenters. The third-order valence-electron chi connectivity index (χ3n) is 4.72. The van der Waals surface area contributed by atoms with Crippen LogP contribution in [0.4, 0.5) is 9.39 Å². The molecule has 0 bridgehead atoms. The Hall–Kier alpha value is -2.78. The highest BCUT2D eigenvalue weighted by Gasteiger charge is 2.26. The molecule has 0 radical (unpaired) electrons. The van der Waals surface area contributed by atoms with E-state index >= 15 is 0 Å². The van der Waals surface area contributed by atoms with Crippen LogP contribution in [0.15, 0.2) is 24.3 Å². The number of esters is 1. The molecule has 2 amide bonds. The highest BCUT2D eigenvalue weighted by Crippen LogP contribution is 2.34. The summed E-state index contributed by atoms with van der Waals surface area (Å²) in [4.78, 5) is 39.3. The zero-order valence-corrected chi connectivity index (χ0v) is 18.5. The lowest BCUT2D eigenvalue weighted by Gasteiger charge is -2.24. The van der Waals surface area contributed by atoms with Crippen molar-refractivity contribution in [2.24, 2.45) is 0 Å². The van der Waals surface area contributed by atoms with Gasteiger partial charge in [0.1, 0.15) is 10.8 Å². The number of carbonyl (C=O) groups is 3. The number of likely N-dealkylation sites (N-methyl/N-ethyl adjacent to an activating group) is 1. The third kappa shape index (κ3) is 5.43. The van der Waals surface area contributed by atoms with E-state index in [2.05, 4.69) is 10.6 Å². The van der Waals surface area contributed by atoms with E-state index in [-0.39, 0.29) is 47.4 Å². The van der Waals surface area contributed by atoms with Crippen molar-refractivity contribution < 1.29 is 23.5 Å². The normalized spacial score (nSPS) is 11.8. The number of nitrogens with one attached hydrogen (secondary N) is 2. The quantitative estimate of drug-likeness (QED) is 0.621. The van der Waals surface area contributed by atoms with Crippen LogP contribution in [-0.2, 0) is 9.53 Å². The first-order valence-electron chi connectivity index (χ1n) is 9.47. The molecule has 2 aromatic rings. The van der Waals surface area contributed by atoms with Gasteiger partial charge in [-0.3, -0.25) is 14.5 Å². The number of amides is 2. The Labute approximate surface area is 179 Å². The van der Waals surface area contributed by atoms with Gasteiger partial charge in [0.2, 0.25) is 5.91 Å². The second kappa shape index (κ2) is 10.3. The first-order valence-corrected chi connectivity index (χ1v) is 10.3. The first kappa shape index (κ1) is 23.5. The molecule has 1 aromatic carbocycles. The molecule has 1 unspecified atom stereocenters. The van der Waals surface area contributed by atoms with Crippen molar-refractivity contribution in [3.8, 4) is 0 Å². The second-order valence-electron chi connectivity index (χ2n) is 6.75. The summed E-state index contributed by atoms with van der Waals surface area (Å²) in [5, 5.41) is 5.54. The van der Waals surface area contributed by atoms with Crippen molar-refractivity contribution in [3.63, 3.8) is 0 Å². The lowest BCUT2D eigenvalue weighted by atomic mass is 10.1. The van der Waals surface area contributed by atoms with Crippen molar-refractivity contribution in [1.29, 1.82) is 0 Å². The smallest absolute Gasteiger partial charge is 0.341 e. The third-order valence-corrected chi connectivity index (χ3v) is 5.93. The molecule has 0 aliphatic carbocycles. The predicted molar refractivity (Wildman–Crippen MR) is 114 cm³/mol. The monoisotopic (exact) mass is 435 g/mol. The fourth-order valence-corrected chi connectivity index (χ4v) is 4.06. The number of benzene rings is 1. The number of nitrogens with zero attached hydrogens (tertiary/aromatic N) is 1. The average Bonchev–Trinajstić information content (AvgIpc) is 3.03. The summed E-state index contributed by atoms with van der Waals surface area (Å²) in [6.45, 7) is 5.44. The SMILES string of the molecule is CCOC(=O)c1c(NC(=O)CN(C)C(C)c2ccc(F)cc2)sc(C(=O)NC)c1C. The van der Waals surface area contributed by atoms with Gasteiger partial charge < -0.3 is 15.4 Å². The molecule has 9 heteroatoms. The van der Waals surface area contributed by atoms with Gasteiger partial charge in [0.05, 0.1) is 23.6 Å². The van der Waals surface area contributed by atoms with E-state index in [0.29, 0.717) is 10.4 Å². The van der Waals surface area contributed by atoms with Crippen LogP contribution in [0.25, 0.3) is 0 Å². The van der Waals surface area contributed by atoms with E-state index in [4.69, 9.17) is 4.74 Å². The number of ether oxygens (including phenoxy) is 1. The lowest BCUT2D eigenvalue weighted by molar-refractivity contribution is -0.117. The minimum absolute atomic E-state index is 0.0348. The van der Waals surface area contributed by atoms with Crippen LogP contribution in [0.1, 0.15) is 51.0 Å². The zero-order valence-electron chi connectivity index (χ0n) is 17.7. The standard InChI is InChI=1S/C21H26FN3O4S/c1-6-29-21(28)17-12(2)18(19(27)23-4)30-20(17)24-16(26)11-25(5)13(3)14-7-9-15(22)10-8-14/h7-10,13H,6,11H2,1-5H3,(H,23,27)(H,24,26). The van der Waals surface area contributed by atoms with E-state index in [1.807, 2.05) is 6.92 Å². The molecule has 2 N–H and O–H groups in total. The minimum atomic E-state index is -0.593. The van der Waals surface area contributed by atoms with Crippen LogP contribution in [0.2, 0.25) is 0 Å². The zero-order chi connectivity index (χ0) is 22.4. The number of hydrogen-bond acceptors (Lipinski definition) is 6. The van der Waals surface area contributed by atoms with Gasteiger partial charge in [-0.25, -0.2) is 9.18 Å². The number of hydrogen-bond donors (Lipinski definition) is 2. The van der Waals surface area contributed by atoms with E-state index in [1.165, 1.54) is 19.2 Å². The summed E-state index contributed by atoms with van der Waals surface area (Å²) >= 11 is 1.03.